The van der Waals surface area contributed by atoms with Crippen LogP contribution in [0.5, 0.6) is 0 Å². The first-order valence-electron chi connectivity index (χ1n) is 6.43. The molecule has 6 heteroatoms. The Morgan fingerprint density at radius 1 is 1.43 bits per heavy atom. The van der Waals surface area contributed by atoms with Crippen LogP contribution in [0.15, 0.2) is 36.5 Å². The molecule has 0 aliphatic heterocycles. The maximum absolute atomic E-state index is 13.4. The third kappa shape index (κ3) is 3.10. The monoisotopic (exact) mass is 289 g/mol. The van der Waals surface area contributed by atoms with Gasteiger partial charge in [0, 0.05) is 12.2 Å². The molecule has 2 rings (SSSR count). The standard InChI is InChI=1S/C15H16FN3O2/c1-3-19(11-6-4-5-10(16)7-11)14-8-12(15(20)21-2)13(17)9-18-14/h4-9H,3,17H2,1-2H3. The lowest BCUT2D eigenvalue weighted by atomic mass is 10.2. The van der Waals surface area contributed by atoms with E-state index in [-0.39, 0.29) is 17.1 Å². The minimum atomic E-state index is -0.536. The van der Waals surface area contributed by atoms with Gasteiger partial charge in [0.25, 0.3) is 0 Å². The zero-order valence-corrected chi connectivity index (χ0v) is 11.8. The van der Waals surface area contributed by atoms with Gasteiger partial charge in [-0.05, 0) is 31.2 Å². The number of nitrogen functional groups attached to an aromatic ring is 1. The Morgan fingerprint density at radius 3 is 2.81 bits per heavy atom. The van der Waals surface area contributed by atoms with E-state index in [9.17, 15) is 9.18 Å². The molecule has 21 heavy (non-hydrogen) atoms. The van der Waals surface area contributed by atoms with E-state index in [2.05, 4.69) is 9.72 Å². The third-order valence-corrected chi connectivity index (χ3v) is 3.04. The van der Waals surface area contributed by atoms with Gasteiger partial charge in [-0.3, -0.25) is 0 Å². The van der Waals surface area contributed by atoms with Crippen LogP contribution in [0, 0.1) is 5.82 Å². The first kappa shape index (κ1) is 14.8. The summed E-state index contributed by atoms with van der Waals surface area (Å²) in [5.74, 6) is -0.376. The zero-order chi connectivity index (χ0) is 15.4. The van der Waals surface area contributed by atoms with E-state index in [4.69, 9.17) is 5.73 Å². The topological polar surface area (TPSA) is 68.5 Å². The van der Waals surface area contributed by atoms with E-state index >= 15 is 0 Å². The molecule has 0 radical (unpaired) electrons. The molecule has 0 aliphatic rings. The van der Waals surface area contributed by atoms with Crippen LogP contribution in [0.3, 0.4) is 0 Å². The van der Waals surface area contributed by atoms with Gasteiger partial charge in [-0.2, -0.15) is 0 Å². The predicted octanol–water partition coefficient (Wildman–Crippen LogP) is 2.75. The Bertz CT molecular complexity index is 661. The van der Waals surface area contributed by atoms with Gasteiger partial charge >= 0.3 is 5.97 Å². The Kier molecular flexibility index (Phi) is 4.37. The summed E-state index contributed by atoms with van der Waals surface area (Å²) < 4.78 is 18.0. The van der Waals surface area contributed by atoms with Gasteiger partial charge in [0.15, 0.2) is 0 Å². The number of anilines is 3. The number of carbonyl (C=O) groups excluding carboxylic acids is 1. The minimum Gasteiger partial charge on any atom is -0.465 e. The number of methoxy groups -OCH3 is 1. The number of ether oxygens (including phenoxy) is 1. The summed E-state index contributed by atoms with van der Waals surface area (Å²) in [6.45, 7) is 2.46. The van der Waals surface area contributed by atoms with Crippen molar-refractivity contribution in [2.24, 2.45) is 0 Å². The molecule has 0 aliphatic carbocycles. The predicted molar refractivity (Wildman–Crippen MR) is 79.1 cm³/mol. The third-order valence-electron chi connectivity index (χ3n) is 3.04. The minimum absolute atomic E-state index is 0.234. The van der Waals surface area contributed by atoms with Crippen LogP contribution in [-0.2, 0) is 4.74 Å². The molecule has 0 saturated heterocycles. The summed E-state index contributed by atoms with van der Waals surface area (Å²) in [6.07, 6.45) is 1.39. The SMILES string of the molecule is CCN(c1cccc(F)c1)c1cc(C(=O)OC)c(N)cn1. The number of rotatable bonds is 4. The largest absolute Gasteiger partial charge is 0.465 e. The number of nitrogens with two attached hydrogens (primary N) is 1. The fourth-order valence-corrected chi connectivity index (χ4v) is 2.01. The maximum Gasteiger partial charge on any atom is 0.340 e. The van der Waals surface area contributed by atoms with E-state index in [1.807, 2.05) is 6.92 Å². The van der Waals surface area contributed by atoms with E-state index in [0.29, 0.717) is 18.1 Å². The number of hydrogen-bond donors (Lipinski definition) is 1. The van der Waals surface area contributed by atoms with Crippen LogP contribution in [0.4, 0.5) is 21.6 Å². The molecule has 5 nitrogen and oxygen atoms in total. The molecule has 0 fully saturated rings. The van der Waals surface area contributed by atoms with E-state index in [0.717, 1.165) is 0 Å². The summed E-state index contributed by atoms with van der Waals surface area (Å²) in [6, 6.07) is 7.69. The summed E-state index contributed by atoms with van der Waals surface area (Å²) in [4.78, 5) is 17.7. The molecule has 0 spiro atoms. The molecular formula is C15H16FN3O2. The Balaban J connectivity index is 2.46. The highest BCUT2D eigenvalue weighted by Crippen LogP contribution is 2.26. The second kappa shape index (κ2) is 6.21. The summed E-state index contributed by atoms with van der Waals surface area (Å²) in [5.41, 5.74) is 6.84. The highest BCUT2D eigenvalue weighted by molar-refractivity contribution is 5.95. The van der Waals surface area contributed by atoms with Gasteiger partial charge in [0.1, 0.15) is 11.6 Å². The number of nitrogens with zero attached hydrogens (tertiary/aromatic N) is 2. The number of halogens is 1. The van der Waals surface area contributed by atoms with Crippen LogP contribution in [-0.4, -0.2) is 24.6 Å². The summed E-state index contributed by atoms with van der Waals surface area (Å²) >= 11 is 0. The summed E-state index contributed by atoms with van der Waals surface area (Å²) in [5, 5.41) is 0. The first-order chi connectivity index (χ1) is 10.1. The molecule has 0 amide bonds. The van der Waals surface area contributed by atoms with Gasteiger partial charge in [-0.25, -0.2) is 14.2 Å². The highest BCUT2D eigenvalue weighted by atomic mass is 19.1. The van der Waals surface area contributed by atoms with Crippen molar-refractivity contribution in [3.63, 3.8) is 0 Å². The lowest BCUT2D eigenvalue weighted by Gasteiger charge is -2.22. The van der Waals surface area contributed by atoms with Crippen molar-refractivity contribution in [1.29, 1.82) is 0 Å². The lowest BCUT2D eigenvalue weighted by molar-refractivity contribution is 0.0602. The molecule has 0 saturated carbocycles. The van der Waals surface area contributed by atoms with Crippen molar-refractivity contribution in [2.75, 3.05) is 24.3 Å². The Morgan fingerprint density at radius 2 is 2.19 bits per heavy atom. The molecule has 110 valence electrons. The normalized spacial score (nSPS) is 10.2. The van der Waals surface area contributed by atoms with Gasteiger partial charge in [-0.15, -0.1) is 0 Å². The fourth-order valence-electron chi connectivity index (χ4n) is 2.01. The second-order valence-electron chi connectivity index (χ2n) is 4.35. The molecule has 1 heterocycles. The average molecular weight is 289 g/mol. The zero-order valence-electron chi connectivity index (χ0n) is 11.8. The summed E-state index contributed by atoms with van der Waals surface area (Å²) in [7, 11) is 1.28. The van der Waals surface area contributed by atoms with Crippen LogP contribution >= 0.6 is 0 Å². The fraction of sp³-hybridized carbons (Fsp3) is 0.200. The average Bonchev–Trinajstić information content (AvgIpc) is 2.49. The quantitative estimate of drug-likeness (QED) is 0.876. The molecule has 0 unspecified atom stereocenters. The Labute approximate surface area is 122 Å². The number of hydrogen-bond acceptors (Lipinski definition) is 5. The van der Waals surface area contributed by atoms with Crippen molar-refractivity contribution >= 4 is 23.2 Å². The van der Waals surface area contributed by atoms with Gasteiger partial charge in [-0.1, -0.05) is 6.07 Å². The lowest BCUT2D eigenvalue weighted by Crippen LogP contribution is -2.19. The molecule has 0 atom stereocenters. The van der Waals surface area contributed by atoms with E-state index < -0.39 is 5.97 Å². The number of carbonyl (C=O) groups is 1. The van der Waals surface area contributed by atoms with Crippen LogP contribution in [0.1, 0.15) is 17.3 Å². The number of pyridine rings is 1. The Hall–Kier alpha value is -2.63. The smallest absolute Gasteiger partial charge is 0.340 e. The van der Waals surface area contributed by atoms with Crippen LogP contribution in [0.25, 0.3) is 0 Å². The number of esters is 1. The van der Waals surface area contributed by atoms with E-state index in [1.165, 1.54) is 31.5 Å². The molecule has 1 aromatic heterocycles. The van der Waals surface area contributed by atoms with Crippen molar-refractivity contribution in [1.82, 2.24) is 4.98 Å². The van der Waals surface area contributed by atoms with Gasteiger partial charge in [0.2, 0.25) is 0 Å². The van der Waals surface area contributed by atoms with Crippen molar-refractivity contribution in [3.05, 3.63) is 47.9 Å². The van der Waals surface area contributed by atoms with Crippen LogP contribution < -0.4 is 10.6 Å². The first-order valence-corrected chi connectivity index (χ1v) is 6.43. The molecule has 2 N–H and O–H groups in total. The molecule has 2 aromatic rings. The van der Waals surface area contributed by atoms with Crippen molar-refractivity contribution in [3.8, 4) is 0 Å². The number of benzene rings is 1. The number of aromatic nitrogens is 1. The van der Waals surface area contributed by atoms with E-state index in [1.54, 1.807) is 17.0 Å². The van der Waals surface area contributed by atoms with Crippen LogP contribution in [0.2, 0.25) is 0 Å². The van der Waals surface area contributed by atoms with Crippen molar-refractivity contribution < 1.29 is 13.9 Å². The van der Waals surface area contributed by atoms with Gasteiger partial charge in [0.05, 0.1) is 24.6 Å². The molecular weight excluding hydrogens is 273 g/mol. The second-order valence-corrected chi connectivity index (χ2v) is 4.35. The molecule has 1 aromatic carbocycles. The highest BCUT2D eigenvalue weighted by Gasteiger charge is 2.16. The maximum atomic E-state index is 13.4. The molecule has 0 bridgehead atoms. The van der Waals surface area contributed by atoms with Gasteiger partial charge < -0.3 is 15.4 Å². The van der Waals surface area contributed by atoms with Crippen molar-refractivity contribution in [2.45, 2.75) is 6.92 Å².